The highest BCUT2D eigenvalue weighted by molar-refractivity contribution is 5.69. The standard InChI is InChI=1S/C23H28N2/c1-5-6-20-10-8-19(13-16(20)2)15-24-18(4)22-12-11-21-9-7-17(3)25-23(21)14-22/h8,10-14,24-25H,3-7,9,15H2,1-2H3. The quantitative estimate of drug-likeness (QED) is 0.721. The van der Waals surface area contributed by atoms with E-state index in [9.17, 15) is 0 Å². The van der Waals surface area contributed by atoms with E-state index in [1.165, 1.54) is 28.7 Å². The van der Waals surface area contributed by atoms with Crippen LogP contribution in [0.4, 0.5) is 5.69 Å². The fourth-order valence-corrected chi connectivity index (χ4v) is 3.37. The smallest absolute Gasteiger partial charge is 0.0421 e. The van der Waals surface area contributed by atoms with E-state index in [-0.39, 0.29) is 0 Å². The highest BCUT2D eigenvalue weighted by atomic mass is 14.9. The lowest BCUT2D eigenvalue weighted by Gasteiger charge is -2.21. The molecule has 1 heterocycles. The van der Waals surface area contributed by atoms with Crippen molar-refractivity contribution in [2.45, 2.75) is 46.1 Å². The molecule has 0 aliphatic carbocycles. The van der Waals surface area contributed by atoms with E-state index in [0.717, 1.165) is 48.5 Å². The summed E-state index contributed by atoms with van der Waals surface area (Å²) in [7, 11) is 0. The summed E-state index contributed by atoms with van der Waals surface area (Å²) in [4.78, 5) is 0. The van der Waals surface area contributed by atoms with Gasteiger partial charge in [-0.1, -0.05) is 56.8 Å². The molecule has 0 radical (unpaired) electrons. The van der Waals surface area contributed by atoms with Crippen molar-refractivity contribution in [1.82, 2.24) is 5.32 Å². The van der Waals surface area contributed by atoms with Crippen molar-refractivity contribution < 1.29 is 0 Å². The Bertz CT molecular complexity index is 802. The van der Waals surface area contributed by atoms with Crippen molar-refractivity contribution in [2.24, 2.45) is 0 Å². The number of allylic oxidation sites excluding steroid dienone is 1. The molecule has 3 rings (SSSR count). The zero-order valence-electron chi connectivity index (χ0n) is 15.4. The van der Waals surface area contributed by atoms with E-state index in [1.54, 1.807) is 0 Å². The molecule has 1 aliphatic heterocycles. The van der Waals surface area contributed by atoms with E-state index in [4.69, 9.17) is 0 Å². The van der Waals surface area contributed by atoms with Gasteiger partial charge in [0.15, 0.2) is 0 Å². The largest absolute Gasteiger partial charge is 0.381 e. The van der Waals surface area contributed by atoms with Gasteiger partial charge in [-0.2, -0.15) is 0 Å². The highest BCUT2D eigenvalue weighted by Crippen LogP contribution is 2.28. The van der Waals surface area contributed by atoms with Crippen molar-refractivity contribution in [3.63, 3.8) is 0 Å². The molecular weight excluding hydrogens is 304 g/mol. The summed E-state index contributed by atoms with van der Waals surface area (Å²) in [6, 6.07) is 13.3. The number of hydrogen-bond donors (Lipinski definition) is 2. The van der Waals surface area contributed by atoms with Gasteiger partial charge in [-0.25, -0.2) is 0 Å². The second-order valence-electron chi connectivity index (χ2n) is 6.94. The summed E-state index contributed by atoms with van der Waals surface area (Å²) in [5, 5.41) is 6.86. The molecule has 2 nitrogen and oxygen atoms in total. The molecule has 0 bridgehead atoms. The van der Waals surface area contributed by atoms with Gasteiger partial charge in [-0.15, -0.1) is 0 Å². The Labute approximate surface area is 151 Å². The van der Waals surface area contributed by atoms with E-state index in [1.807, 2.05) is 0 Å². The van der Waals surface area contributed by atoms with Gasteiger partial charge >= 0.3 is 0 Å². The van der Waals surface area contributed by atoms with Gasteiger partial charge in [0, 0.05) is 23.6 Å². The normalized spacial score (nSPS) is 13.1. The molecule has 1 aliphatic rings. The number of nitrogens with one attached hydrogen (secondary N) is 2. The maximum atomic E-state index is 4.22. The minimum atomic E-state index is 0.795. The van der Waals surface area contributed by atoms with Crippen LogP contribution in [-0.2, 0) is 19.4 Å². The van der Waals surface area contributed by atoms with Gasteiger partial charge in [0.25, 0.3) is 0 Å². The number of anilines is 1. The Kier molecular flexibility index (Phi) is 5.28. The summed E-state index contributed by atoms with van der Waals surface area (Å²) in [6.45, 7) is 13.5. The van der Waals surface area contributed by atoms with Crippen LogP contribution >= 0.6 is 0 Å². The second kappa shape index (κ2) is 7.60. The maximum absolute atomic E-state index is 4.22. The van der Waals surface area contributed by atoms with Crippen LogP contribution in [0, 0.1) is 6.92 Å². The predicted molar refractivity (Wildman–Crippen MR) is 109 cm³/mol. The van der Waals surface area contributed by atoms with Crippen molar-refractivity contribution in [3.8, 4) is 0 Å². The zero-order valence-corrected chi connectivity index (χ0v) is 15.4. The first-order valence-corrected chi connectivity index (χ1v) is 9.16. The minimum absolute atomic E-state index is 0.795. The molecule has 2 heteroatoms. The van der Waals surface area contributed by atoms with Crippen molar-refractivity contribution in [3.05, 3.63) is 83.1 Å². The molecule has 2 aromatic rings. The molecule has 0 amide bonds. The van der Waals surface area contributed by atoms with Crippen LogP contribution in [0.15, 0.2) is 55.3 Å². The van der Waals surface area contributed by atoms with Gasteiger partial charge in [0.1, 0.15) is 0 Å². The van der Waals surface area contributed by atoms with E-state index < -0.39 is 0 Å². The molecule has 0 fully saturated rings. The van der Waals surface area contributed by atoms with Crippen LogP contribution in [0.2, 0.25) is 0 Å². The van der Waals surface area contributed by atoms with Gasteiger partial charge in [-0.05, 0) is 60.1 Å². The van der Waals surface area contributed by atoms with E-state index in [0.29, 0.717) is 0 Å². The number of rotatable bonds is 6. The lowest BCUT2D eigenvalue weighted by Crippen LogP contribution is -2.13. The third kappa shape index (κ3) is 4.14. The fraction of sp³-hybridized carbons (Fsp3) is 0.304. The Morgan fingerprint density at radius 3 is 2.76 bits per heavy atom. The Morgan fingerprint density at radius 2 is 2.00 bits per heavy atom. The number of benzene rings is 2. The van der Waals surface area contributed by atoms with Crippen molar-refractivity contribution >= 4 is 11.4 Å². The topological polar surface area (TPSA) is 24.1 Å². The summed E-state index contributed by atoms with van der Waals surface area (Å²) in [5.74, 6) is 0. The van der Waals surface area contributed by atoms with Crippen LogP contribution in [0.5, 0.6) is 0 Å². The monoisotopic (exact) mass is 332 g/mol. The molecule has 2 aromatic carbocycles. The van der Waals surface area contributed by atoms with Gasteiger partial charge in [-0.3, -0.25) is 0 Å². The molecule has 0 atom stereocenters. The third-order valence-corrected chi connectivity index (χ3v) is 4.90. The van der Waals surface area contributed by atoms with Crippen LogP contribution in [0.25, 0.3) is 5.70 Å². The predicted octanol–water partition coefficient (Wildman–Crippen LogP) is 5.58. The third-order valence-electron chi connectivity index (χ3n) is 4.90. The summed E-state index contributed by atoms with van der Waals surface area (Å²) in [6.07, 6.45) is 4.41. The Morgan fingerprint density at radius 1 is 1.16 bits per heavy atom. The maximum Gasteiger partial charge on any atom is 0.0421 e. The molecule has 130 valence electrons. The number of hydrogen-bond acceptors (Lipinski definition) is 2. The summed E-state index contributed by atoms with van der Waals surface area (Å²) in [5.41, 5.74) is 9.81. The Balaban J connectivity index is 1.66. The number of fused-ring (bicyclic) bond motifs is 1. The summed E-state index contributed by atoms with van der Waals surface area (Å²) >= 11 is 0. The van der Waals surface area contributed by atoms with Gasteiger partial charge in [0.2, 0.25) is 0 Å². The first-order chi connectivity index (χ1) is 12.1. The fourth-order valence-electron chi connectivity index (χ4n) is 3.37. The molecule has 0 saturated carbocycles. The SMILES string of the molecule is C=C1CCc2ccc(C(=C)NCc3ccc(CCC)c(C)c3)cc2N1. The molecule has 0 unspecified atom stereocenters. The Hall–Kier alpha value is -2.48. The minimum Gasteiger partial charge on any atom is -0.381 e. The molecule has 0 aromatic heterocycles. The molecule has 25 heavy (non-hydrogen) atoms. The zero-order chi connectivity index (χ0) is 17.8. The van der Waals surface area contributed by atoms with Crippen molar-refractivity contribution in [2.75, 3.05) is 5.32 Å². The van der Waals surface area contributed by atoms with Crippen LogP contribution in [-0.4, -0.2) is 0 Å². The van der Waals surface area contributed by atoms with E-state index >= 15 is 0 Å². The average molecular weight is 332 g/mol. The van der Waals surface area contributed by atoms with E-state index in [2.05, 4.69) is 74.0 Å². The van der Waals surface area contributed by atoms with Gasteiger partial charge < -0.3 is 10.6 Å². The van der Waals surface area contributed by atoms with Gasteiger partial charge in [0.05, 0.1) is 0 Å². The van der Waals surface area contributed by atoms with Crippen LogP contribution < -0.4 is 10.6 Å². The average Bonchev–Trinajstić information content (AvgIpc) is 2.61. The van der Waals surface area contributed by atoms with Crippen LogP contribution in [0.1, 0.15) is 47.6 Å². The lowest BCUT2D eigenvalue weighted by atomic mass is 9.99. The number of aryl methyl sites for hydroxylation is 3. The second-order valence-corrected chi connectivity index (χ2v) is 6.94. The molecule has 2 N–H and O–H groups in total. The van der Waals surface area contributed by atoms with Crippen LogP contribution in [0.3, 0.4) is 0 Å². The van der Waals surface area contributed by atoms with Crippen molar-refractivity contribution in [1.29, 1.82) is 0 Å². The first-order valence-electron chi connectivity index (χ1n) is 9.16. The molecular formula is C23H28N2. The first kappa shape index (κ1) is 17.3. The molecule has 0 spiro atoms. The highest BCUT2D eigenvalue weighted by Gasteiger charge is 2.12. The summed E-state index contributed by atoms with van der Waals surface area (Å²) < 4.78 is 0. The molecule has 0 saturated heterocycles. The lowest BCUT2D eigenvalue weighted by molar-refractivity contribution is 0.877.